The summed E-state index contributed by atoms with van der Waals surface area (Å²) in [5, 5.41) is 0. The lowest BCUT2D eigenvalue weighted by molar-refractivity contribution is -0.167. The first-order valence-corrected chi connectivity index (χ1v) is 34.8. The van der Waals surface area contributed by atoms with Crippen molar-refractivity contribution in [2.75, 3.05) is 13.2 Å². The third kappa shape index (κ3) is 64.6. The number of allylic oxidation sites excluding steroid dienone is 4. The number of hydrogen-bond acceptors (Lipinski definition) is 6. The van der Waals surface area contributed by atoms with Gasteiger partial charge in [-0.2, -0.15) is 0 Å². The molecule has 0 rings (SSSR count). The molecule has 1 unspecified atom stereocenters. The van der Waals surface area contributed by atoms with Gasteiger partial charge in [0.2, 0.25) is 0 Å². The summed E-state index contributed by atoms with van der Waals surface area (Å²) in [5.74, 6) is -0.860. The van der Waals surface area contributed by atoms with Gasteiger partial charge >= 0.3 is 17.9 Å². The number of carbonyl (C=O) groups is 3. The number of hydrogen-bond donors (Lipinski definition) is 0. The van der Waals surface area contributed by atoms with Gasteiger partial charge < -0.3 is 14.2 Å². The van der Waals surface area contributed by atoms with E-state index in [1.165, 1.54) is 276 Å². The van der Waals surface area contributed by atoms with Crippen molar-refractivity contribution in [2.24, 2.45) is 0 Å². The monoisotopic (exact) mass is 1080 g/mol. The maximum Gasteiger partial charge on any atom is 0.306 e. The van der Waals surface area contributed by atoms with Gasteiger partial charge in [0.05, 0.1) is 0 Å². The Bertz CT molecular complexity index is 1240. The molecule has 6 nitrogen and oxygen atoms in total. The maximum absolute atomic E-state index is 12.9. The van der Waals surface area contributed by atoms with Gasteiger partial charge in [-0.3, -0.25) is 14.4 Å². The average molecular weight is 1080 g/mol. The summed E-state index contributed by atoms with van der Waals surface area (Å²) in [6, 6.07) is 0. The van der Waals surface area contributed by atoms with Crippen LogP contribution < -0.4 is 0 Å². The van der Waals surface area contributed by atoms with Crippen LogP contribution in [0.4, 0.5) is 0 Å². The summed E-state index contributed by atoms with van der Waals surface area (Å²) in [7, 11) is 0. The molecule has 0 heterocycles. The lowest BCUT2D eigenvalue weighted by atomic mass is 10.0. The highest BCUT2D eigenvalue weighted by Gasteiger charge is 2.19. The quantitative estimate of drug-likeness (QED) is 0.0261. The van der Waals surface area contributed by atoms with Gasteiger partial charge in [0.15, 0.2) is 6.10 Å². The second-order valence-corrected chi connectivity index (χ2v) is 23.8. The van der Waals surface area contributed by atoms with E-state index in [1.807, 2.05) is 0 Å². The summed E-state index contributed by atoms with van der Waals surface area (Å²) in [6.07, 6.45) is 80.9. The molecule has 0 aliphatic heterocycles. The minimum absolute atomic E-state index is 0.0713. The Morgan fingerprint density at radius 2 is 0.481 bits per heavy atom. The molecule has 6 heteroatoms. The fourth-order valence-electron chi connectivity index (χ4n) is 10.7. The molecule has 0 aromatic heterocycles. The molecule has 0 aromatic rings. The van der Waals surface area contributed by atoms with Gasteiger partial charge in [0.1, 0.15) is 13.2 Å². The Morgan fingerprint density at radius 3 is 0.753 bits per heavy atom. The molecule has 0 bridgehead atoms. The first-order valence-electron chi connectivity index (χ1n) is 34.8. The van der Waals surface area contributed by atoms with E-state index in [1.54, 1.807) is 0 Å². The summed E-state index contributed by atoms with van der Waals surface area (Å²) < 4.78 is 16.9. The number of carbonyl (C=O) groups excluding carboxylic acids is 3. The van der Waals surface area contributed by atoms with E-state index < -0.39 is 6.10 Å². The Kier molecular flexibility index (Phi) is 64.6. The zero-order chi connectivity index (χ0) is 55.7. The Hall–Kier alpha value is -2.11. The molecular weight excluding hydrogens is 949 g/mol. The predicted octanol–water partition coefficient (Wildman–Crippen LogP) is 23.8. The molecule has 454 valence electrons. The molecule has 1 atom stereocenters. The van der Waals surface area contributed by atoms with Crippen LogP contribution in [0, 0.1) is 0 Å². The zero-order valence-electron chi connectivity index (χ0n) is 52.3. The number of ether oxygens (including phenoxy) is 3. The summed E-state index contributed by atoms with van der Waals surface area (Å²) >= 11 is 0. The minimum atomic E-state index is -0.774. The van der Waals surface area contributed by atoms with Crippen LogP contribution in [0.25, 0.3) is 0 Å². The minimum Gasteiger partial charge on any atom is -0.462 e. The van der Waals surface area contributed by atoms with Gasteiger partial charge in [0.25, 0.3) is 0 Å². The second kappa shape index (κ2) is 66.4. The van der Waals surface area contributed by atoms with Crippen molar-refractivity contribution in [1.82, 2.24) is 0 Å². The molecule has 0 aromatic carbocycles. The van der Waals surface area contributed by atoms with Crippen LogP contribution in [0.15, 0.2) is 24.3 Å². The molecule has 0 aliphatic carbocycles. The number of rotatable bonds is 65. The zero-order valence-corrected chi connectivity index (χ0v) is 52.3. The van der Waals surface area contributed by atoms with Crippen LogP contribution in [0.3, 0.4) is 0 Å². The molecule has 0 aliphatic rings. The van der Waals surface area contributed by atoms with Crippen molar-refractivity contribution >= 4 is 17.9 Å². The Balaban J connectivity index is 4.03. The van der Waals surface area contributed by atoms with E-state index in [0.29, 0.717) is 19.3 Å². The third-order valence-corrected chi connectivity index (χ3v) is 16.0. The molecule has 0 fully saturated rings. The molecular formula is C71H134O6. The normalized spacial score (nSPS) is 12.1. The average Bonchev–Trinajstić information content (AvgIpc) is 3.43. The lowest BCUT2D eigenvalue weighted by Gasteiger charge is -2.18. The largest absolute Gasteiger partial charge is 0.462 e. The van der Waals surface area contributed by atoms with Crippen molar-refractivity contribution in [3.8, 4) is 0 Å². The van der Waals surface area contributed by atoms with Gasteiger partial charge in [-0.25, -0.2) is 0 Å². The van der Waals surface area contributed by atoms with Crippen LogP contribution in [-0.2, 0) is 28.6 Å². The number of unbranched alkanes of at least 4 members (excludes halogenated alkanes) is 50. The predicted molar refractivity (Wildman–Crippen MR) is 335 cm³/mol. The first-order chi connectivity index (χ1) is 38.0. The van der Waals surface area contributed by atoms with Crippen molar-refractivity contribution < 1.29 is 28.6 Å². The van der Waals surface area contributed by atoms with Gasteiger partial charge in [-0.05, 0) is 44.9 Å². The molecule has 0 radical (unpaired) electrons. The summed E-state index contributed by atoms with van der Waals surface area (Å²) in [4.78, 5) is 38.2. The molecule has 0 saturated heterocycles. The topological polar surface area (TPSA) is 78.9 Å². The van der Waals surface area contributed by atoms with E-state index in [2.05, 4.69) is 45.1 Å². The van der Waals surface area contributed by atoms with E-state index >= 15 is 0 Å². The Labute approximate surface area is 481 Å². The van der Waals surface area contributed by atoms with Gasteiger partial charge in [0, 0.05) is 19.3 Å². The van der Waals surface area contributed by atoms with E-state index in [-0.39, 0.29) is 31.1 Å². The van der Waals surface area contributed by atoms with Crippen LogP contribution in [0.5, 0.6) is 0 Å². The van der Waals surface area contributed by atoms with Crippen molar-refractivity contribution in [2.45, 2.75) is 399 Å². The molecule has 0 N–H and O–H groups in total. The lowest BCUT2D eigenvalue weighted by Crippen LogP contribution is -2.30. The van der Waals surface area contributed by atoms with E-state index in [0.717, 1.165) is 77.0 Å². The highest BCUT2D eigenvalue weighted by molar-refractivity contribution is 5.71. The Morgan fingerprint density at radius 1 is 0.260 bits per heavy atom. The van der Waals surface area contributed by atoms with Crippen LogP contribution in [0.1, 0.15) is 393 Å². The van der Waals surface area contributed by atoms with Crippen molar-refractivity contribution in [3.05, 3.63) is 24.3 Å². The molecule has 0 spiro atoms. The highest BCUT2D eigenvalue weighted by Crippen LogP contribution is 2.19. The molecule has 77 heavy (non-hydrogen) atoms. The van der Waals surface area contributed by atoms with Crippen molar-refractivity contribution in [3.63, 3.8) is 0 Å². The highest BCUT2D eigenvalue weighted by atomic mass is 16.6. The van der Waals surface area contributed by atoms with Gasteiger partial charge in [-0.1, -0.05) is 353 Å². The van der Waals surface area contributed by atoms with Crippen LogP contribution in [0.2, 0.25) is 0 Å². The number of esters is 3. The SMILES string of the molecule is CCCC/C=C\C/C=C\CCCCCCCC(=O)OC(COC(=O)CCCCCCCCCCCCCC)COC(=O)CCCCCCCCCCCCCCCCCCCCCCCCCCCCCCCCCCC. The van der Waals surface area contributed by atoms with Gasteiger partial charge in [-0.15, -0.1) is 0 Å². The summed E-state index contributed by atoms with van der Waals surface area (Å²) in [6.45, 7) is 6.65. The standard InChI is InChI=1S/C71H134O6/c1-4-7-10-13-16-19-22-25-27-28-29-30-31-32-33-34-35-36-37-38-39-40-41-42-43-44-45-47-49-52-55-58-61-64-70(73)76-67-68(66-75-69(72)63-60-57-54-51-48-24-21-18-15-12-9-6-3)77-71(74)65-62-59-56-53-50-46-26-23-20-17-14-11-8-5-2/h14,17,23,26,68H,4-13,15-16,18-22,24-25,27-67H2,1-3H3/b17-14-,26-23-. The van der Waals surface area contributed by atoms with Crippen LogP contribution in [-0.4, -0.2) is 37.2 Å². The van der Waals surface area contributed by atoms with E-state index in [9.17, 15) is 14.4 Å². The first kappa shape index (κ1) is 74.9. The smallest absolute Gasteiger partial charge is 0.306 e. The fraction of sp³-hybridized carbons (Fsp3) is 0.901. The summed E-state index contributed by atoms with van der Waals surface area (Å²) in [5.41, 5.74) is 0. The van der Waals surface area contributed by atoms with E-state index in [4.69, 9.17) is 14.2 Å². The third-order valence-electron chi connectivity index (χ3n) is 16.0. The van der Waals surface area contributed by atoms with Crippen LogP contribution >= 0.6 is 0 Å². The van der Waals surface area contributed by atoms with Crippen molar-refractivity contribution in [1.29, 1.82) is 0 Å². The molecule has 0 amide bonds. The fourth-order valence-corrected chi connectivity index (χ4v) is 10.7. The maximum atomic E-state index is 12.9. The molecule has 0 saturated carbocycles. The second-order valence-electron chi connectivity index (χ2n) is 23.8.